The molecule has 0 fully saturated rings. The van der Waals surface area contributed by atoms with E-state index < -0.39 is 0 Å². The predicted octanol–water partition coefficient (Wildman–Crippen LogP) is 3.18. The molecule has 0 radical (unpaired) electrons. The van der Waals surface area contributed by atoms with Crippen molar-refractivity contribution in [1.29, 1.82) is 0 Å². The van der Waals surface area contributed by atoms with Gasteiger partial charge >= 0.3 is 0 Å². The lowest BCUT2D eigenvalue weighted by molar-refractivity contribution is 0.0942. The molecule has 1 atom stereocenters. The van der Waals surface area contributed by atoms with E-state index >= 15 is 0 Å². The van der Waals surface area contributed by atoms with E-state index in [9.17, 15) is 4.79 Å². The molecule has 96 valence electrons. The first-order chi connectivity index (χ1) is 9.18. The standard InChI is InChI=1S/C17H17NO/c1-11-6-3-4-8-13(11)15-10-18-17(19)14-9-5-7-12(2)16(14)15/h3-9,15H,10H2,1-2H3,(H,18,19). The molecule has 1 amide bonds. The molecule has 0 saturated heterocycles. The first kappa shape index (κ1) is 12.0. The van der Waals surface area contributed by atoms with Crippen LogP contribution in [0, 0.1) is 13.8 Å². The maximum absolute atomic E-state index is 12.0. The van der Waals surface area contributed by atoms with Crippen molar-refractivity contribution in [3.8, 4) is 0 Å². The molecule has 1 heterocycles. The van der Waals surface area contributed by atoms with Gasteiger partial charge in [-0.1, -0.05) is 36.4 Å². The normalized spacial score (nSPS) is 17.8. The number of fused-ring (bicyclic) bond motifs is 1. The molecule has 0 aliphatic carbocycles. The molecule has 0 spiro atoms. The summed E-state index contributed by atoms with van der Waals surface area (Å²) in [6.07, 6.45) is 0. The number of rotatable bonds is 1. The summed E-state index contributed by atoms with van der Waals surface area (Å²) in [5, 5.41) is 3.00. The SMILES string of the molecule is Cc1ccccc1C1CNC(=O)c2cccc(C)c21. The minimum atomic E-state index is 0.0449. The van der Waals surface area contributed by atoms with Gasteiger partial charge in [-0.05, 0) is 42.2 Å². The molecule has 0 aromatic heterocycles. The van der Waals surface area contributed by atoms with E-state index in [4.69, 9.17) is 0 Å². The second-order valence-electron chi connectivity index (χ2n) is 5.16. The van der Waals surface area contributed by atoms with Gasteiger partial charge in [-0.3, -0.25) is 4.79 Å². The van der Waals surface area contributed by atoms with Crippen LogP contribution in [0.15, 0.2) is 42.5 Å². The molecule has 3 rings (SSSR count). The second-order valence-corrected chi connectivity index (χ2v) is 5.16. The molecule has 2 heteroatoms. The van der Waals surface area contributed by atoms with Crippen molar-refractivity contribution in [2.45, 2.75) is 19.8 Å². The van der Waals surface area contributed by atoms with E-state index in [1.165, 1.54) is 22.3 Å². The monoisotopic (exact) mass is 251 g/mol. The molecular formula is C17H17NO. The Bertz CT molecular complexity index is 645. The van der Waals surface area contributed by atoms with Gasteiger partial charge in [-0.15, -0.1) is 0 Å². The average Bonchev–Trinajstić information content (AvgIpc) is 2.41. The van der Waals surface area contributed by atoms with Gasteiger partial charge in [-0.25, -0.2) is 0 Å². The van der Waals surface area contributed by atoms with E-state index in [0.717, 1.165) is 5.56 Å². The molecule has 19 heavy (non-hydrogen) atoms. The number of benzene rings is 2. The van der Waals surface area contributed by atoms with E-state index in [2.05, 4.69) is 49.5 Å². The topological polar surface area (TPSA) is 29.1 Å². The Kier molecular flexibility index (Phi) is 2.86. The summed E-state index contributed by atoms with van der Waals surface area (Å²) < 4.78 is 0. The fourth-order valence-electron chi connectivity index (χ4n) is 2.98. The first-order valence-corrected chi connectivity index (χ1v) is 6.61. The quantitative estimate of drug-likeness (QED) is 0.828. The smallest absolute Gasteiger partial charge is 0.251 e. The van der Waals surface area contributed by atoms with Crippen molar-refractivity contribution in [2.24, 2.45) is 0 Å². The van der Waals surface area contributed by atoms with E-state index in [1.807, 2.05) is 12.1 Å². The highest BCUT2D eigenvalue weighted by molar-refractivity contribution is 5.97. The highest BCUT2D eigenvalue weighted by Gasteiger charge is 2.28. The molecule has 2 nitrogen and oxygen atoms in total. The molecule has 0 bridgehead atoms. The number of nitrogens with one attached hydrogen (secondary N) is 1. The van der Waals surface area contributed by atoms with Gasteiger partial charge in [0.15, 0.2) is 0 Å². The van der Waals surface area contributed by atoms with Crippen LogP contribution in [-0.2, 0) is 0 Å². The number of hydrogen-bond donors (Lipinski definition) is 1. The largest absolute Gasteiger partial charge is 0.351 e. The maximum Gasteiger partial charge on any atom is 0.251 e. The van der Waals surface area contributed by atoms with E-state index in [0.29, 0.717) is 6.54 Å². The number of amides is 1. The molecule has 1 aliphatic heterocycles. The molecular weight excluding hydrogens is 234 g/mol. The second kappa shape index (κ2) is 4.54. The van der Waals surface area contributed by atoms with Crippen molar-refractivity contribution < 1.29 is 4.79 Å². The molecule has 2 aromatic carbocycles. The molecule has 1 aliphatic rings. The lowest BCUT2D eigenvalue weighted by Crippen LogP contribution is -2.36. The minimum absolute atomic E-state index is 0.0449. The van der Waals surface area contributed by atoms with Crippen LogP contribution in [0.3, 0.4) is 0 Å². The Hall–Kier alpha value is -2.09. The maximum atomic E-state index is 12.0. The first-order valence-electron chi connectivity index (χ1n) is 6.61. The lowest BCUT2D eigenvalue weighted by atomic mass is 9.81. The fraction of sp³-hybridized carbons (Fsp3) is 0.235. The van der Waals surface area contributed by atoms with Gasteiger partial charge in [0.05, 0.1) is 0 Å². The van der Waals surface area contributed by atoms with Crippen LogP contribution in [0.2, 0.25) is 0 Å². The van der Waals surface area contributed by atoms with Crippen molar-refractivity contribution in [2.75, 3.05) is 6.54 Å². The summed E-state index contributed by atoms with van der Waals surface area (Å²) in [4.78, 5) is 12.0. The van der Waals surface area contributed by atoms with Gasteiger partial charge in [0.25, 0.3) is 5.91 Å². The highest BCUT2D eigenvalue weighted by atomic mass is 16.1. The van der Waals surface area contributed by atoms with Gasteiger partial charge in [0.2, 0.25) is 0 Å². The van der Waals surface area contributed by atoms with Crippen molar-refractivity contribution in [3.63, 3.8) is 0 Å². The van der Waals surface area contributed by atoms with Crippen LogP contribution in [-0.4, -0.2) is 12.5 Å². The van der Waals surface area contributed by atoms with Crippen molar-refractivity contribution in [3.05, 3.63) is 70.3 Å². The molecule has 1 unspecified atom stereocenters. The van der Waals surface area contributed by atoms with E-state index in [1.54, 1.807) is 0 Å². The number of aryl methyl sites for hydroxylation is 2. The number of hydrogen-bond acceptors (Lipinski definition) is 1. The van der Waals surface area contributed by atoms with Crippen LogP contribution in [0.4, 0.5) is 0 Å². The average molecular weight is 251 g/mol. The Labute approximate surface area is 113 Å². The summed E-state index contributed by atoms with van der Waals surface area (Å²) in [6, 6.07) is 14.4. The molecule has 0 saturated carbocycles. The summed E-state index contributed by atoms with van der Waals surface area (Å²) in [7, 11) is 0. The Morgan fingerprint density at radius 1 is 1.00 bits per heavy atom. The zero-order chi connectivity index (χ0) is 13.4. The zero-order valence-corrected chi connectivity index (χ0v) is 11.2. The van der Waals surface area contributed by atoms with Crippen LogP contribution in [0.5, 0.6) is 0 Å². The van der Waals surface area contributed by atoms with Crippen LogP contribution >= 0.6 is 0 Å². The van der Waals surface area contributed by atoms with E-state index in [-0.39, 0.29) is 11.8 Å². The summed E-state index contributed by atoms with van der Waals surface area (Å²) in [5.74, 6) is 0.304. The predicted molar refractivity (Wildman–Crippen MR) is 76.5 cm³/mol. The number of carbonyl (C=O) groups excluding carboxylic acids is 1. The highest BCUT2D eigenvalue weighted by Crippen LogP contribution is 2.33. The van der Waals surface area contributed by atoms with Gasteiger partial charge in [-0.2, -0.15) is 0 Å². The summed E-state index contributed by atoms with van der Waals surface area (Å²) >= 11 is 0. The lowest BCUT2D eigenvalue weighted by Gasteiger charge is -2.28. The van der Waals surface area contributed by atoms with Crippen LogP contribution in [0.1, 0.15) is 38.5 Å². The molecule has 1 N–H and O–H groups in total. The molecule has 2 aromatic rings. The third-order valence-electron chi connectivity index (χ3n) is 3.95. The Morgan fingerprint density at radius 2 is 1.74 bits per heavy atom. The number of carbonyl (C=O) groups is 1. The van der Waals surface area contributed by atoms with Gasteiger partial charge in [0, 0.05) is 18.0 Å². The van der Waals surface area contributed by atoms with Crippen LogP contribution in [0.25, 0.3) is 0 Å². The third kappa shape index (κ3) is 1.93. The van der Waals surface area contributed by atoms with Crippen molar-refractivity contribution in [1.82, 2.24) is 5.32 Å². The third-order valence-corrected chi connectivity index (χ3v) is 3.95. The summed E-state index contributed by atoms with van der Waals surface area (Å²) in [5.41, 5.74) is 5.77. The van der Waals surface area contributed by atoms with Crippen molar-refractivity contribution >= 4 is 5.91 Å². The summed E-state index contributed by atoms with van der Waals surface area (Å²) in [6.45, 7) is 4.90. The fourth-order valence-corrected chi connectivity index (χ4v) is 2.98. The Balaban J connectivity index is 2.19. The minimum Gasteiger partial charge on any atom is -0.351 e. The Morgan fingerprint density at radius 3 is 2.53 bits per heavy atom. The van der Waals surface area contributed by atoms with Gasteiger partial charge in [0.1, 0.15) is 0 Å². The van der Waals surface area contributed by atoms with Crippen LogP contribution < -0.4 is 5.32 Å². The zero-order valence-electron chi connectivity index (χ0n) is 11.2. The van der Waals surface area contributed by atoms with Gasteiger partial charge < -0.3 is 5.32 Å².